The summed E-state index contributed by atoms with van der Waals surface area (Å²) in [6.07, 6.45) is 0.722. The number of hydrogen-bond acceptors (Lipinski definition) is 4. The van der Waals surface area contributed by atoms with E-state index < -0.39 is 0 Å². The Hall–Kier alpha value is -1.39. The van der Waals surface area contributed by atoms with Crippen molar-refractivity contribution in [2.75, 3.05) is 32.8 Å². The molecule has 2 heterocycles. The predicted octanol–water partition coefficient (Wildman–Crippen LogP) is 1.62. The number of esters is 1. The van der Waals surface area contributed by atoms with Gasteiger partial charge in [0.1, 0.15) is 6.10 Å². The Labute approximate surface area is 113 Å². The zero-order valence-corrected chi connectivity index (χ0v) is 11.0. The first-order chi connectivity index (χ1) is 9.33. The molecule has 0 N–H and O–H groups in total. The first kappa shape index (κ1) is 12.6. The molecule has 1 aromatic carbocycles. The number of benzene rings is 1. The number of carbonyl (C=O) groups excluding carboxylic acids is 1. The zero-order chi connectivity index (χ0) is 13.1. The highest BCUT2D eigenvalue weighted by molar-refractivity contribution is 5.75. The van der Waals surface area contributed by atoms with E-state index in [0.717, 1.165) is 44.8 Å². The molecule has 1 aromatic rings. The number of carbonyl (C=O) groups is 1. The molecule has 2 atom stereocenters. The summed E-state index contributed by atoms with van der Waals surface area (Å²) >= 11 is 0. The predicted molar refractivity (Wildman–Crippen MR) is 70.6 cm³/mol. The summed E-state index contributed by atoms with van der Waals surface area (Å²) in [5, 5.41) is 0. The maximum absolute atomic E-state index is 12.0. The second-order valence-electron chi connectivity index (χ2n) is 5.18. The van der Waals surface area contributed by atoms with E-state index in [4.69, 9.17) is 9.47 Å². The Morgan fingerprint density at radius 1 is 1.16 bits per heavy atom. The number of rotatable bonds is 3. The number of cyclic esters (lactones) is 1. The van der Waals surface area contributed by atoms with Gasteiger partial charge in [-0.2, -0.15) is 0 Å². The second-order valence-corrected chi connectivity index (χ2v) is 5.18. The third kappa shape index (κ3) is 2.96. The normalized spacial score (nSPS) is 28.3. The summed E-state index contributed by atoms with van der Waals surface area (Å²) in [6, 6.07) is 9.99. The number of morpholine rings is 1. The smallest absolute Gasteiger partial charge is 0.311 e. The average molecular weight is 261 g/mol. The molecule has 0 spiro atoms. The van der Waals surface area contributed by atoms with Crippen LogP contribution in [-0.2, 0) is 14.3 Å². The Bertz CT molecular complexity index is 428. The van der Waals surface area contributed by atoms with Crippen LogP contribution in [0.5, 0.6) is 0 Å². The van der Waals surface area contributed by atoms with Crippen molar-refractivity contribution in [3.05, 3.63) is 35.9 Å². The van der Waals surface area contributed by atoms with E-state index in [-0.39, 0.29) is 18.0 Å². The van der Waals surface area contributed by atoms with Crippen molar-refractivity contribution in [1.29, 1.82) is 0 Å². The SMILES string of the molecule is O=C1O[C@H](c2ccccc2)C[C@@H]1CN1CCOCC1. The molecule has 19 heavy (non-hydrogen) atoms. The number of nitrogens with zero attached hydrogens (tertiary/aromatic N) is 1. The van der Waals surface area contributed by atoms with E-state index in [1.165, 1.54) is 0 Å². The molecule has 0 amide bonds. The van der Waals surface area contributed by atoms with Crippen LogP contribution in [0, 0.1) is 5.92 Å². The van der Waals surface area contributed by atoms with Crippen LogP contribution in [0.15, 0.2) is 30.3 Å². The van der Waals surface area contributed by atoms with E-state index in [1.54, 1.807) is 0 Å². The van der Waals surface area contributed by atoms with Gasteiger partial charge in [0.05, 0.1) is 19.1 Å². The van der Waals surface area contributed by atoms with Crippen LogP contribution < -0.4 is 0 Å². The first-order valence-corrected chi connectivity index (χ1v) is 6.88. The van der Waals surface area contributed by atoms with Crippen LogP contribution >= 0.6 is 0 Å². The fourth-order valence-corrected chi connectivity index (χ4v) is 2.76. The molecule has 102 valence electrons. The molecule has 2 fully saturated rings. The van der Waals surface area contributed by atoms with Gasteiger partial charge in [0.25, 0.3) is 0 Å². The minimum atomic E-state index is -0.0697. The molecule has 2 aliphatic rings. The molecular weight excluding hydrogens is 242 g/mol. The quantitative estimate of drug-likeness (QED) is 0.775. The lowest BCUT2D eigenvalue weighted by atomic mass is 9.99. The minimum Gasteiger partial charge on any atom is -0.457 e. The summed E-state index contributed by atoms with van der Waals surface area (Å²) in [5.41, 5.74) is 1.10. The molecule has 0 saturated carbocycles. The third-order valence-electron chi connectivity index (χ3n) is 3.84. The Kier molecular flexibility index (Phi) is 3.80. The first-order valence-electron chi connectivity index (χ1n) is 6.88. The molecule has 0 radical (unpaired) electrons. The van der Waals surface area contributed by atoms with Gasteiger partial charge in [-0.15, -0.1) is 0 Å². The molecule has 0 bridgehead atoms. The van der Waals surface area contributed by atoms with Gasteiger partial charge in [-0.05, 0) is 5.56 Å². The lowest BCUT2D eigenvalue weighted by Crippen LogP contribution is -2.40. The Morgan fingerprint density at radius 2 is 1.89 bits per heavy atom. The van der Waals surface area contributed by atoms with Gasteiger partial charge in [-0.1, -0.05) is 30.3 Å². The third-order valence-corrected chi connectivity index (χ3v) is 3.84. The van der Waals surface area contributed by atoms with Crippen LogP contribution in [0.1, 0.15) is 18.1 Å². The summed E-state index contributed by atoms with van der Waals surface area (Å²) in [4.78, 5) is 14.2. The van der Waals surface area contributed by atoms with Crippen LogP contribution in [0.3, 0.4) is 0 Å². The topological polar surface area (TPSA) is 38.8 Å². The van der Waals surface area contributed by atoms with Crippen molar-refractivity contribution >= 4 is 5.97 Å². The van der Waals surface area contributed by atoms with Crippen molar-refractivity contribution < 1.29 is 14.3 Å². The Balaban J connectivity index is 1.60. The van der Waals surface area contributed by atoms with Gasteiger partial charge in [-0.25, -0.2) is 0 Å². The van der Waals surface area contributed by atoms with E-state index in [1.807, 2.05) is 30.3 Å². The van der Waals surface area contributed by atoms with E-state index >= 15 is 0 Å². The molecule has 2 aliphatic heterocycles. The largest absolute Gasteiger partial charge is 0.457 e. The standard InChI is InChI=1S/C15H19NO3/c17-15-13(11-16-6-8-18-9-7-16)10-14(19-15)12-4-2-1-3-5-12/h1-5,13-14H,6-11H2/t13-,14+/m1/s1. The average Bonchev–Trinajstić information content (AvgIpc) is 2.82. The van der Waals surface area contributed by atoms with Crippen LogP contribution in [0.25, 0.3) is 0 Å². The molecule has 4 heteroatoms. The van der Waals surface area contributed by atoms with Crippen molar-refractivity contribution in [2.24, 2.45) is 5.92 Å². The monoisotopic (exact) mass is 261 g/mol. The van der Waals surface area contributed by atoms with E-state index in [0.29, 0.717) is 0 Å². The molecule has 4 nitrogen and oxygen atoms in total. The van der Waals surface area contributed by atoms with E-state index in [2.05, 4.69) is 4.90 Å². The minimum absolute atomic E-state index is 0.00306. The summed E-state index contributed by atoms with van der Waals surface area (Å²) in [6.45, 7) is 4.17. The highest BCUT2D eigenvalue weighted by Gasteiger charge is 2.36. The van der Waals surface area contributed by atoms with Gasteiger partial charge in [-0.3, -0.25) is 9.69 Å². The van der Waals surface area contributed by atoms with Crippen LogP contribution in [0.2, 0.25) is 0 Å². The van der Waals surface area contributed by atoms with Crippen molar-refractivity contribution in [2.45, 2.75) is 12.5 Å². The van der Waals surface area contributed by atoms with Gasteiger partial charge in [0, 0.05) is 26.1 Å². The van der Waals surface area contributed by atoms with Crippen molar-refractivity contribution in [3.8, 4) is 0 Å². The van der Waals surface area contributed by atoms with Gasteiger partial charge in [0.15, 0.2) is 0 Å². The molecular formula is C15H19NO3. The van der Waals surface area contributed by atoms with Gasteiger partial charge >= 0.3 is 5.97 Å². The fraction of sp³-hybridized carbons (Fsp3) is 0.533. The summed E-state index contributed by atoms with van der Waals surface area (Å²) < 4.78 is 10.8. The molecule has 0 unspecified atom stereocenters. The van der Waals surface area contributed by atoms with Crippen LogP contribution in [-0.4, -0.2) is 43.7 Å². The van der Waals surface area contributed by atoms with Crippen molar-refractivity contribution in [1.82, 2.24) is 4.90 Å². The number of hydrogen-bond donors (Lipinski definition) is 0. The molecule has 0 aromatic heterocycles. The summed E-state index contributed by atoms with van der Waals surface area (Å²) in [5.74, 6) is -0.0522. The summed E-state index contributed by atoms with van der Waals surface area (Å²) in [7, 11) is 0. The molecule has 0 aliphatic carbocycles. The molecule has 2 saturated heterocycles. The highest BCUT2D eigenvalue weighted by atomic mass is 16.6. The maximum atomic E-state index is 12.0. The fourth-order valence-electron chi connectivity index (χ4n) is 2.76. The zero-order valence-electron chi connectivity index (χ0n) is 11.0. The van der Waals surface area contributed by atoms with E-state index in [9.17, 15) is 4.79 Å². The maximum Gasteiger partial charge on any atom is 0.311 e. The van der Waals surface area contributed by atoms with Crippen molar-refractivity contribution in [3.63, 3.8) is 0 Å². The van der Waals surface area contributed by atoms with Crippen LogP contribution in [0.4, 0.5) is 0 Å². The lowest BCUT2D eigenvalue weighted by molar-refractivity contribution is -0.145. The van der Waals surface area contributed by atoms with Gasteiger partial charge < -0.3 is 9.47 Å². The molecule has 3 rings (SSSR count). The second kappa shape index (κ2) is 5.72. The number of ether oxygens (including phenoxy) is 2. The Morgan fingerprint density at radius 3 is 2.63 bits per heavy atom. The highest BCUT2D eigenvalue weighted by Crippen LogP contribution is 2.33. The van der Waals surface area contributed by atoms with Gasteiger partial charge in [0.2, 0.25) is 0 Å². The lowest BCUT2D eigenvalue weighted by Gasteiger charge is -2.27.